The number of hydrogen-bond acceptors (Lipinski definition) is 1. The van der Waals surface area contributed by atoms with Crippen LogP contribution in [0.25, 0.3) is 0 Å². The van der Waals surface area contributed by atoms with Gasteiger partial charge in [-0.2, -0.15) is 0 Å². The maximum absolute atomic E-state index is 6.61. The summed E-state index contributed by atoms with van der Waals surface area (Å²) in [5.74, 6) is 4.85. The molecule has 1 aromatic rings. The van der Waals surface area contributed by atoms with Crippen LogP contribution in [0.4, 0.5) is 0 Å². The minimum atomic E-state index is 0.301. The minimum absolute atomic E-state index is 0.301. The van der Waals surface area contributed by atoms with E-state index in [9.17, 15) is 0 Å². The molecule has 1 nitrogen and oxygen atoms in total. The summed E-state index contributed by atoms with van der Waals surface area (Å²) in [4.78, 5) is 0. The van der Waals surface area contributed by atoms with Crippen molar-refractivity contribution in [1.29, 1.82) is 0 Å². The van der Waals surface area contributed by atoms with Gasteiger partial charge in [0.25, 0.3) is 0 Å². The smallest absolute Gasteiger partial charge is 0.0329 e. The van der Waals surface area contributed by atoms with Crippen LogP contribution in [0.2, 0.25) is 0 Å². The fraction of sp³-hybridized carbons (Fsp3) is 0.667. The average molecular weight is 255 g/mol. The zero-order valence-electron chi connectivity index (χ0n) is 11.9. The van der Waals surface area contributed by atoms with Crippen LogP contribution in [0.15, 0.2) is 24.3 Å². The van der Waals surface area contributed by atoms with Gasteiger partial charge in [-0.15, -0.1) is 0 Å². The molecular formula is C18H25N. The van der Waals surface area contributed by atoms with Crippen molar-refractivity contribution in [3.05, 3.63) is 35.4 Å². The van der Waals surface area contributed by atoms with E-state index in [-0.39, 0.29) is 0 Å². The van der Waals surface area contributed by atoms with Crippen LogP contribution in [-0.2, 0) is 6.42 Å². The van der Waals surface area contributed by atoms with E-state index in [1.807, 2.05) is 0 Å². The van der Waals surface area contributed by atoms with Gasteiger partial charge >= 0.3 is 0 Å². The number of rotatable bonds is 4. The SMILES string of the molecule is CCCc1cccc(C(N)C2C3C4CCC(C4)C32)c1. The predicted molar refractivity (Wildman–Crippen MR) is 78.7 cm³/mol. The normalized spacial score (nSPS) is 40.2. The first-order chi connectivity index (χ1) is 9.29. The Morgan fingerprint density at radius 1 is 1.21 bits per heavy atom. The highest BCUT2D eigenvalue weighted by molar-refractivity contribution is 5.29. The third-order valence-corrected chi connectivity index (χ3v) is 6.08. The van der Waals surface area contributed by atoms with E-state index in [1.165, 1.54) is 43.2 Å². The first-order valence-electron chi connectivity index (χ1n) is 8.14. The van der Waals surface area contributed by atoms with Crippen molar-refractivity contribution in [2.24, 2.45) is 35.3 Å². The summed E-state index contributed by atoms with van der Waals surface area (Å²) in [6.07, 6.45) is 6.91. The Labute approximate surface area is 116 Å². The Bertz CT molecular complexity index is 464. The summed E-state index contributed by atoms with van der Waals surface area (Å²) >= 11 is 0. The highest BCUT2D eigenvalue weighted by Crippen LogP contribution is 2.71. The summed E-state index contributed by atoms with van der Waals surface area (Å²) in [7, 11) is 0. The summed E-state index contributed by atoms with van der Waals surface area (Å²) in [6, 6.07) is 9.36. The lowest BCUT2D eigenvalue weighted by Gasteiger charge is -2.17. The molecule has 19 heavy (non-hydrogen) atoms. The fourth-order valence-corrected chi connectivity index (χ4v) is 5.34. The van der Waals surface area contributed by atoms with Gasteiger partial charge in [-0.3, -0.25) is 0 Å². The van der Waals surface area contributed by atoms with Crippen LogP contribution in [0.5, 0.6) is 0 Å². The number of fused-ring (bicyclic) bond motifs is 5. The van der Waals surface area contributed by atoms with Crippen molar-refractivity contribution in [2.45, 2.75) is 45.1 Å². The first-order valence-corrected chi connectivity index (χ1v) is 8.14. The topological polar surface area (TPSA) is 26.0 Å². The van der Waals surface area contributed by atoms with Gasteiger partial charge in [-0.05, 0) is 66.4 Å². The molecular weight excluding hydrogens is 230 g/mol. The van der Waals surface area contributed by atoms with Crippen LogP contribution < -0.4 is 5.73 Å². The van der Waals surface area contributed by atoms with Gasteiger partial charge in [0.2, 0.25) is 0 Å². The van der Waals surface area contributed by atoms with E-state index in [2.05, 4.69) is 31.2 Å². The summed E-state index contributed by atoms with van der Waals surface area (Å²) in [6.45, 7) is 2.25. The number of aryl methyl sites for hydroxylation is 1. The Morgan fingerprint density at radius 2 is 1.95 bits per heavy atom. The molecule has 2 bridgehead atoms. The predicted octanol–water partition coefficient (Wildman–Crippen LogP) is 3.93. The number of nitrogens with two attached hydrogens (primary N) is 1. The summed E-state index contributed by atoms with van der Waals surface area (Å²) < 4.78 is 0. The van der Waals surface area contributed by atoms with Crippen LogP contribution in [0.3, 0.4) is 0 Å². The van der Waals surface area contributed by atoms with E-state index >= 15 is 0 Å². The molecule has 4 rings (SSSR count). The van der Waals surface area contributed by atoms with Gasteiger partial charge in [0.15, 0.2) is 0 Å². The Kier molecular flexibility index (Phi) is 2.73. The molecule has 1 aromatic carbocycles. The van der Waals surface area contributed by atoms with Crippen molar-refractivity contribution in [1.82, 2.24) is 0 Å². The maximum Gasteiger partial charge on any atom is 0.0329 e. The van der Waals surface area contributed by atoms with Crippen molar-refractivity contribution in [3.8, 4) is 0 Å². The molecule has 3 saturated carbocycles. The molecule has 5 atom stereocenters. The van der Waals surface area contributed by atoms with Crippen LogP contribution in [-0.4, -0.2) is 0 Å². The number of hydrogen-bond donors (Lipinski definition) is 1. The lowest BCUT2D eigenvalue weighted by Crippen LogP contribution is -2.17. The second kappa shape index (κ2) is 4.34. The second-order valence-corrected chi connectivity index (χ2v) is 7.09. The van der Waals surface area contributed by atoms with E-state index in [0.717, 1.165) is 29.6 Å². The van der Waals surface area contributed by atoms with Gasteiger partial charge in [0.05, 0.1) is 0 Å². The molecule has 102 valence electrons. The molecule has 3 fully saturated rings. The molecule has 1 heteroatoms. The minimum Gasteiger partial charge on any atom is -0.324 e. The van der Waals surface area contributed by atoms with Gasteiger partial charge < -0.3 is 5.73 Å². The molecule has 0 aliphatic heterocycles. The molecule has 0 aromatic heterocycles. The van der Waals surface area contributed by atoms with E-state index < -0.39 is 0 Å². The highest BCUT2D eigenvalue weighted by Gasteiger charge is 2.66. The van der Waals surface area contributed by atoms with Gasteiger partial charge in [-0.1, -0.05) is 37.6 Å². The summed E-state index contributed by atoms with van der Waals surface area (Å²) in [5, 5.41) is 0. The monoisotopic (exact) mass is 255 g/mol. The van der Waals surface area contributed by atoms with Crippen LogP contribution in [0.1, 0.15) is 49.8 Å². The molecule has 0 spiro atoms. The van der Waals surface area contributed by atoms with Crippen LogP contribution in [0, 0.1) is 29.6 Å². The van der Waals surface area contributed by atoms with Crippen molar-refractivity contribution < 1.29 is 0 Å². The average Bonchev–Trinajstić information content (AvgIpc) is 2.86. The van der Waals surface area contributed by atoms with E-state index in [4.69, 9.17) is 5.73 Å². The molecule has 0 heterocycles. The van der Waals surface area contributed by atoms with E-state index in [1.54, 1.807) is 0 Å². The lowest BCUT2D eigenvalue weighted by molar-refractivity contribution is 0.417. The van der Waals surface area contributed by atoms with Crippen molar-refractivity contribution in [2.75, 3.05) is 0 Å². The van der Waals surface area contributed by atoms with Gasteiger partial charge in [-0.25, -0.2) is 0 Å². The molecule has 3 aliphatic carbocycles. The molecule has 0 amide bonds. The Morgan fingerprint density at radius 3 is 2.63 bits per heavy atom. The number of benzene rings is 1. The van der Waals surface area contributed by atoms with Gasteiger partial charge in [0.1, 0.15) is 0 Å². The summed E-state index contributed by atoms with van der Waals surface area (Å²) in [5.41, 5.74) is 9.46. The highest BCUT2D eigenvalue weighted by atomic mass is 14.8. The standard InChI is InChI=1S/C18H25N/c1-2-4-11-5-3-6-14(9-11)18(19)17-15-12-7-8-13(10-12)16(15)17/h3,5-6,9,12-13,15-18H,2,4,7-8,10,19H2,1H3. The fourth-order valence-electron chi connectivity index (χ4n) is 5.34. The third kappa shape index (κ3) is 1.78. The van der Waals surface area contributed by atoms with Crippen molar-refractivity contribution in [3.63, 3.8) is 0 Å². The molecule has 3 aliphatic rings. The maximum atomic E-state index is 6.61. The van der Waals surface area contributed by atoms with Crippen LogP contribution >= 0.6 is 0 Å². The Hall–Kier alpha value is -0.820. The lowest BCUT2D eigenvalue weighted by atomic mass is 9.92. The van der Waals surface area contributed by atoms with Gasteiger partial charge in [0, 0.05) is 6.04 Å². The molecule has 0 radical (unpaired) electrons. The first kappa shape index (κ1) is 12.0. The quantitative estimate of drug-likeness (QED) is 0.866. The third-order valence-electron chi connectivity index (χ3n) is 6.08. The molecule has 5 unspecified atom stereocenters. The zero-order chi connectivity index (χ0) is 13.0. The zero-order valence-corrected chi connectivity index (χ0v) is 11.9. The van der Waals surface area contributed by atoms with Crippen molar-refractivity contribution >= 4 is 0 Å². The molecule has 2 N–H and O–H groups in total. The molecule has 0 saturated heterocycles. The second-order valence-electron chi connectivity index (χ2n) is 7.09. The Balaban J connectivity index is 1.52. The van der Waals surface area contributed by atoms with E-state index in [0.29, 0.717) is 6.04 Å². The largest absolute Gasteiger partial charge is 0.324 e.